The molecule has 10 heteroatoms. The number of benzene rings is 4. The predicted molar refractivity (Wildman–Crippen MR) is 122 cm³/mol. The van der Waals surface area contributed by atoms with Crippen LogP contribution in [0.15, 0.2) is 87.2 Å². The second-order valence-electron chi connectivity index (χ2n) is 6.85. The van der Waals surface area contributed by atoms with Crippen LogP contribution in [0.2, 0.25) is 5.02 Å². The number of fused-ring (bicyclic) bond motifs is 1. The van der Waals surface area contributed by atoms with E-state index in [1.807, 2.05) is 0 Å². The third-order valence-corrected chi connectivity index (χ3v) is 4.90. The Balaban J connectivity index is 1.75. The number of aromatic carboxylic acids is 1. The number of halogens is 1. The molecule has 0 spiro atoms. The SMILES string of the molecule is O=C(O)c1cc(N=Nc2cccc3c(N=Nc4cc(Cl)ccc4O)c(O)ccc23)ccc1O. The molecule has 4 aromatic rings. The third kappa shape index (κ3) is 4.58. The van der Waals surface area contributed by atoms with Crippen LogP contribution in [0.1, 0.15) is 10.4 Å². The van der Waals surface area contributed by atoms with Crippen LogP contribution in [0.3, 0.4) is 0 Å². The van der Waals surface area contributed by atoms with E-state index in [9.17, 15) is 20.1 Å². The Kier molecular flexibility index (Phi) is 5.88. The normalized spacial score (nSPS) is 11.5. The highest BCUT2D eigenvalue weighted by Crippen LogP contribution is 2.41. The van der Waals surface area contributed by atoms with E-state index in [1.54, 1.807) is 24.3 Å². The summed E-state index contributed by atoms with van der Waals surface area (Å²) in [6.45, 7) is 0. The number of rotatable bonds is 5. The lowest BCUT2D eigenvalue weighted by atomic mass is 10.1. The summed E-state index contributed by atoms with van der Waals surface area (Å²) in [5.41, 5.74) is 0.663. The van der Waals surface area contributed by atoms with Gasteiger partial charge in [0.25, 0.3) is 0 Å². The zero-order valence-corrected chi connectivity index (χ0v) is 17.5. The van der Waals surface area contributed by atoms with Gasteiger partial charge in [-0.1, -0.05) is 23.7 Å². The molecule has 164 valence electrons. The van der Waals surface area contributed by atoms with Crippen molar-refractivity contribution >= 4 is 51.1 Å². The molecule has 0 radical (unpaired) electrons. The first-order valence-electron chi connectivity index (χ1n) is 9.46. The molecule has 0 aliphatic carbocycles. The average Bonchev–Trinajstić information content (AvgIpc) is 2.79. The number of hydrogen-bond donors (Lipinski definition) is 4. The summed E-state index contributed by atoms with van der Waals surface area (Å²) < 4.78 is 0. The molecule has 0 unspecified atom stereocenters. The molecular weight excluding hydrogens is 448 g/mol. The molecule has 9 nitrogen and oxygen atoms in total. The maximum absolute atomic E-state index is 11.2. The Labute approximate surface area is 191 Å². The number of carboxylic acids is 1. The van der Waals surface area contributed by atoms with Gasteiger partial charge >= 0.3 is 5.97 Å². The minimum Gasteiger partial charge on any atom is -0.507 e. The second kappa shape index (κ2) is 8.93. The highest BCUT2D eigenvalue weighted by Gasteiger charge is 2.12. The highest BCUT2D eigenvalue weighted by atomic mass is 35.5. The molecule has 0 bridgehead atoms. The van der Waals surface area contributed by atoms with Crippen LogP contribution < -0.4 is 0 Å². The van der Waals surface area contributed by atoms with Crippen molar-refractivity contribution in [2.75, 3.05) is 0 Å². The Morgan fingerprint density at radius 3 is 2.21 bits per heavy atom. The first kappa shape index (κ1) is 21.7. The Bertz CT molecular complexity index is 1450. The number of aromatic hydroxyl groups is 3. The molecule has 0 atom stereocenters. The predicted octanol–water partition coefficient (Wildman–Crippen LogP) is 7.14. The number of carbonyl (C=O) groups is 1. The van der Waals surface area contributed by atoms with Gasteiger partial charge in [0.1, 0.15) is 34.2 Å². The van der Waals surface area contributed by atoms with Crippen molar-refractivity contribution in [3.05, 3.63) is 77.3 Å². The zero-order chi connectivity index (χ0) is 23.5. The second-order valence-corrected chi connectivity index (χ2v) is 7.28. The van der Waals surface area contributed by atoms with Crippen molar-refractivity contribution in [2.24, 2.45) is 20.5 Å². The van der Waals surface area contributed by atoms with Crippen molar-refractivity contribution in [3.63, 3.8) is 0 Å². The molecule has 0 saturated carbocycles. The van der Waals surface area contributed by atoms with Gasteiger partial charge in [0, 0.05) is 15.8 Å². The van der Waals surface area contributed by atoms with Crippen LogP contribution >= 0.6 is 11.6 Å². The topological polar surface area (TPSA) is 147 Å². The molecule has 0 aliphatic rings. The molecule has 4 aromatic carbocycles. The van der Waals surface area contributed by atoms with Crippen LogP contribution in [-0.4, -0.2) is 26.4 Å². The lowest BCUT2D eigenvalue weighted by Gasteiger charge is -2.06. The van der Waals surface area contributed by atoms with E-state index in [2.05, 4.69) is 20.5 Å². The van der Waals surface area contributed by atoms with E-state index in [0.717, 1.165) is 0 Å². The number of carboxylic acid groups (broad SMARTS) is 1. The van der Waals surface area contributed by atoms with E-state index in [0.29, 0.717) is 21.5 Å². The largest absolute Gasteiger partial charge is 0.507 e. The summed E-state index contributed by atoms with van der Waals surface area (Å²) in [6.07, 6.45) is 0. The van der Waals surface area contributed by atoms with Crippen LogP contribution in [0.4, 0.5) is 22.7 Å². The molecule has 4 rings (SSSR count). The smallest absolute Gasteiger partial charge is 0.339 e. The summed E-state index contributed by atoms with van der Waals surface area (Å²) in [5, 5.41) is 56.9. The van der Waals surface area contributed by atoms with E-state index in [1.165, 1.54) is 42.5 Å². The number of phenolic OH excluding ortho intramolecular Hbond substituents is 2. The van der Waals surface area contributed by atoms with Crippen LogP contribution in [0.25, 0.3) is 10.8 Å². The summed E-state index contributed by atoms with van der Waals surface area (Å²) in [4.78, 5) is 11.2. The van der Waals surface area contributed by atoms with Gasteiger partial charge in [0.15, 0.2) is 0 Å². The molecule has 0 aliphatic heterocycles. The number of hydrogen-bond acceptors (Lipinski definition) is 8. The van der Waals surface area contributed by atoms with Crippen molar-refractivity contribution in [1.29, 1.82) is 0 Å². The Hall–Kier alpha value is -4.50. The number of phenols is 3. The molecule has 0 heterocycles. The molecule has 33 heavy (non-hydrogen) atoms. The van der Waals surface area contributed by atoms with Gasteiger partial charge in [-0.2, -0.15) is 5.11 Å². The molecule has 0 fully saturated rings. The summed E-state index contributed by atoms with van der Waals surface area (Å²) in [7, 11) is 0. The van der Waals surface area contributed by atoms with Gasteiger partial charge in [0.05, 0.1) is 11.4 Å². The lowest BCUT2D eigenvalue weighted by molar-refractivity contribution is 0.0693. The first-order valence-corrected chi connectivity index (χ1v) is 9.84. The van der Waals surface area contributed by atoms with Gasteiger partial charge < -0.3 is 20.4 Å². The van der Waals surface area contributed by atoms with Crippen molar-refractivity contribution in [2.45, 2.75) is 0 Å². The fraction of sp³-hybridized carbons (Fsp3) is 0. The van der Waals surface area contributed by atoms with E-state index >= 15 is 0 Å². The summed E-state index contributed by atoms with van der Waals surface area (Å²) in [5.74, 6) is -1.91. The molecular formula is C23H15ClN4O5. The van der Waals surface area contributed by atoms with Crippen LogP contribution in [0, 0.1) is 0 Å². The van der Waals surface area contributed by atoms with E-state index in [-0.39, 0.29) is 39.9 Å². The minimum absolute atomic E-state index is 0.119. The lowest BCUT2D eigenvalue weighted by Crippen LogP contribution is -1.95. The third-order valence-electron chi connectivity index (χ3n) is 4.67. The van der Waals surface area contributed by atoms with Gasteiger partial charge in [-0.05, 0) is 54.6 Å². The molecule has 0 aromatic heterocycles. The van der Waals surface area contributed by atoms with Crippen molar-refractivity contribution < 1.29 is 25.2 Å². The fourth-order valence-corrected chi connectivity index (χ4v) is 3.22. The summed E-state index contributed by atoms with van der Waals surface area (Å²) in [6, 6.07) is 16.3. The van der Waals surface area contributed by atoms with Crippen LogP contribution in [0.5, 0.6) is 17.2 Å². The quantitative estimate of drug-likeness (QED) is 0.232. The maximum Gasteiger partial charge on any atom is 0.339 e. The molecule has 0 amide bonds. The van der Waals surface area contributed by atoms with Crippen molar-refractivity contribution in [3.8, 4) is 17.2 Å². The number of nitrogens with zero attached hydrogens (tertiary/aromatic N) is 4. The first-order chi connectivity index (χ1) is 15.8. The Morgan fingerprint density at radius 2 is 1.42 bits per heavy atom. The zero-order valence-electron chi connectivity index (χ0n) is 16.7. The summed E-state index contributed by atoms with van der Waals surface area (Å²) >= 11 is 5.94. The average molecular weight is 463 g/mol. The van der Waals surface area contributed by atoms with Gasteiger partial charge in [-0.3, -0.25) is 0 Å². The Morgan fingerprint density at radius 1 is 0.697 bits per heavy atom. The van der Waals surface area contributed by atoms with E-state index < -0.39 is 5.97 Å². The standard InChI is InChI=1S/C23H15ClN4O5/c24-12-4-7-20(30)18(10-12)27-28-22-15-2-1-3-17(14(15)6-9-21(22)31)26-25-13-5-8-19(29)16(11-13)23(32)33/h1-11,29-31H,(H,32,33). The molecule has 4 N–H and O–H groups in total. The van der Waals surface area contributed by atoms with E-state index in [4.69, 9.17) is 16.7 Å². The number of azo groups is 2. The monoisotopic (exact) mass is 462 g/mol. The minimum atomic E-state index is -1.29. The fourth-order valence-electron chi connectivity index (χ4n) is 3.06. The van der Waals surface area contributed by atoms with Crippen LogP contribution in [-0.2, 0) is 0 Å². The van der Waals surface area contributed by atoms with Crippen molar-refractivity contribution in [1.82, 2.24) is 0 Å². The molecule has 0 saturated heterocycles. The maximum atomic E-state index is 11.2. The van der Waals surface area contributed by atoms with Gasteiger partial charge in [-0.15, -0.1) is 15.3 Å². The highest BCUT2D eigenvalue weighted by molar-refractivity contribution is 6.30. The van der Waals surface area contributed by atoms with Gasteiger partial charge in [0.2, 0.25) is 0 Å². The van der Waals surface area contributed by atoms with Gasteiger partial charge in [-0.25, -0.2) is 4.79 Å².